The summed E-state index contributed by atoms with van der Waals surface area (Å²) in [5, 5.41) is 5.46. The van der Waals surface area contributed by atoms with Crippen LogP contribution in [0.15, 0.2) is 30.3 Å². The van der Waals surface area contributed by atoms with Crippen molar-refractivity contribution in [2.24, 2.45) is 5.92 Å². The van der Waals surface area contributed by atoms with E-state index in [-0.39, 0.29) is 24.2 Å². The molecule has 0 unspecified atom stereocenters. The molecule has 2 N–H and O–H groups in total. The number of ether oxygens (including phenoxy) is 1. The van der Waals surface area contributed by atoms with E-state index in [1.54, 1.807) is 24.3 Å². The molecule has 24 heavy (non-hydrogen) atoms. The first kappa shape index (κ1) is 19.7. The summed E-state index contributed by atoms with van der Waals surface area (Å²) in [6.07, 6.45) is 1.27. The summed E-state index contributed by atoms with van der Waals surface area (Å²) in [5.41, 5.74) is 0.588. The third-order valence-electron chi connectivity index (χ3n) is 3.43. The highest BCUT2D eigenvalue weighted by Gasteiger charge is 2.22. The Labute approximate surface area is 143 Å². The molecule has 132 valence electrons. The van der Waals surface area contributed by atoms with E-state index in [0.717, 1.165) is 0 Å². The van der Waals surface area contributed by atoms with E-state index in [2.05, 4.69) is 10.6 Å². The molecular weight excluding hydrogens is 308 g/mol. The van der Waals surface area contributed by atoms with Gasteiger partial charge in [0.15, 0.2) is 0 Å². The number of amides is 2. The van der Waals surface area contributed by atoms with Gasteiger partial charge in [-0.25, -0.2) is 4.79 Å². The first-order chi connectivity index (χ1) is 11.4. The number of carbonyl (C=O) groups excluding carboxylic acids is 3. The molecule has 1 aromatic rings. The summed E-state index contributed by atoms with van der Waals surface area (Å²) in [5.74, 6) is -0.558. The Bertz CT molecular complexity index is 543. The monoisotopic (exact) mass is 334 g/mol. The maximum absolute atomic E-state index is 11.9. The van der Waals surface area contributed by atoms with E-state index in [9.17, 15) is 14.4 Å². The SMILES string of the molecule is COC(=O)[C@@H](CC(C)C)NC(=O)CCCNC(=O)c1ccccc1. The van der Waals surface area contributed by atoms with Crippen molar-refractivity contribution in [1.82, 2.24) is 10.6 Å². The molecule has 0 spiro atoms. The van der Waals surface area contributed by atoms with Crippen molar-refractivity contribution in [2.75, 3.05) is 13.7 Å². The van der Waals surface area contributed by atoms with Crippen molar-refractivity contribution in [3.8, 4) is 0 Å². The van der Waals surface area contributed by atoms with Crippen molar-refractivity contribution < 1.29 is 19.1 Å². The standard InChI is InChI=1S/C18H26N2O4/c1-13(2)12-15(18(23)24-3)20-16(21)10-7-11-19-17(22)14-8-5-4-6-9-14/h4-6,8-9,13,15H,7,10-12H2,1-3H3,(H,19,22)(H,20,21)/t15-/m1/s1. The summed E-state index contributed by atoms with van der Waals surface area (Å²) < 4.78 is 4.71. The van der Waals surface area contributed by atoms with Gasteiger partial charge in [0.25, 0.3) is 5.91 Å². The Morgan fingerprint density at radius 3 is 2.38 bits per heavy atom. The molecule has 6 nitrogen and oxygen atoms in total. The normalized spacial score (nSPS) is 11.7. The van der Waals surface area contributed by atoms with Crippen LogP contribution in [0.2, 0.25) is 0 Å². The number of benzene rings is 1. The number of esters is 1. The fraction of sp³-hybridized carbons (Fsp3) is 0.500. The van der Waals surface area contributed by atoms with Gasteiger partial charge in [-0.3, -0.25) is 9.59 Å². The zero-order valence-corrected chi connectivity index (χ0v) is 14.5. The molecule has 0 radical (unpaired) electrons. The molecule has 1 atom stereocenters. The minimum absolute atomic E-state index is 0.164. The maximum atomic E-state index is 11.9. The topological polar surface area (TPSA) is 84.5 Å². The van der Waals surface area contributed by atoms with Gasteiger partial charge in [-0.15, -0.1) is 0 Å². The molecule has 0 aromatic heterocycles. The van der Waals surface area contributed by atoms with Crippen molar-refractivity contribution in [3.63, 3.8) is 0 Å². The van der Waals surface area contributed by atoms with Crippen molar-refractivity contribution >= 4 is 17.8 Å². The Morgan fingerprint density at radius 1 is 1.12 bits per heavy atom. The fourth-order valence-corrected chi connectivity index (χ4v) is 2.24. The summed E-state index contributed by atoms with van der Waals surface area (Å²) in [6.45, 7) is 4.34. The van der Waals surface area contributed by atoms with E-state index in [0.29, 0.717) is 24.9 Å². The van der Waals surface area contributed by atoms with Crippen LogP contribution in [-0.2, 0) is 14.3 Å². The fourth-order valence-electron chi connectivity index (χ4n) is 2.24. The molecule has 1 rings (SSSR count). The third kappa shape index (κ3) is 7.26. The number of carbonyl (C=O) groups is 3. The number of methoxy groups -OCH3 is 1. The minimum Gasteiger partial charge on any atom is -0.467 e. The second-order valence-electron chi connectivity index (χ2n) is 6.00. The van der Waals surface area contributed by atoms with Crippen LogP contribution in [0.1, 0.15) is 43.5 Å². The van der Waals surface area contributed by atoms with Crippen LogP contribution < -0.4 is 10.6 Å². The Morgan fingerprint density at radius 2 is 1.79 bits per heavy atom. The zero-order valence-electron chi connectivity index (χ0n) is 14.5. The maximum Gasteiger partial charge on any atom is 0.328 e. The van der Waals surface area contributed by atoms with Gasteiger partial charge in [-0.1, -0.05) is 32.0 Å². The van der Waals surface area contributed by atoms with Crippen molar-refractivity contribution in [2.45, 2.75) is 39.2 Å². The van der Waals surface area contributed by atoms with Crippen molar-refractivity contribution in [3.05, 3.63) is 35.9 Å². The zero-order chi connectivity index (χ0) is 17.9. The van der Waals surface area contributed by atoms with Crippen LogP contribution in [0, 0.1) is 5.92 Å². The van der Waals surface area contributed by atoms with Gasteiger partial charge in [0.1, 0.15) is 6.04 Å². The van der Waals surface area contributed by atoms with Crippen LogP contribution in [0.4, 0.5) is 0 Å². The molecule has 2 amide bonds. The third-order valence-corrected chi connectivity index (χ3v) is 3.43. The average molecular weight is 334 g/mol. The quantitative estimate of drug-likeness (QED) is 0.533. The lowest BCUT2D eigenvalue weighted by Crippen LogP contribution is -2.42. The van der Waals surface area contributed by atoms with Gasteiger partial charge in [0.05, 0.1) is 7.11 Å². The van der Waals surface area contributed by atoms with Crippen LogP contribution >= 0.6 is 0 Å². The molecule has 0 heterocycles. The van der Waals surface area contributed by atoms with Crippen LogP contribution in [0.5, 0.6) is 0 Å². The first-order valence-electron chi connectivity index (χ1n) is 8.14. The Balaban J connectivity index is 2.32. The van der Waals surface area contributed by atoms with E-state index in [1.165, 1.54) is 7.11 Å². The summed E-state index contributed by atoms with van der Waals surface area (Å²) in [6, 6.07) is 8.27. The molecule has 0 saturated heterocycles. The molecule has 0 fully saturated rings. The molecule has 6 heteroatoms. The van der Waals surface area contributed by atoms with Crippen LogP contribution in [0.3, 0.4) is 0 Å². The van der Waals surface area contributed by atoms with Gasteiger partial charge < -0.3 is 15.4 Å². The second-order valence-corrected chi connectivity index (χ2v) is 6.00. The minimum atomic E-state index is -0.624. The number of hydrogen-bond donors (Lipinski definition) is 2. The molecule has 0 aliphatic carbocycles. The number of nitrogens with one attached hydrogen (secondary N) is 2. The molecule has 0 saturated carbocycles. The molecule has 0 bridgehead atoms. The van der Waals surface area contributed by atoms with E-state index in [1.807, 2.05) is 19.9 Å². The summed E-state index contributed by atoms with van der Waals surface area (Å²) in [7, 11) is 1.31. The summed E-state index contributed by atoms with van der Waals surface area (Å²) in [4.78, 5) is 35.4. The van der Waals surface area contributed by atoms with Gasteiger partial charge >= 0.3 is 5.97 Å². The lowest BCUT2D eigenvalue weighted by atomic mass is 10.0. The number of rotatable bonds is 9. The molecule has 0 aliphatic rings. The molecular formula is C18H26N2O4. The van der Waals surface area contributed by atoms with Crippen LogP contribution in [0.25, 0.3) is 0 Å². The largest absolute Gasteiger partial charge is 0.467 e. The predicted molar refractivity (Wildman–Crippen MR) is 91.4 cm³/mol. The van der Waals surface area contributed by atoms with Gasteiger partial charge in [0.2, 0.25) is 5.91 Å². The lowest BCUT2D eigenvalue weighted by molar-refractivity contribution is -0.145. The summed E-state index contributed by atoms with van der Waals surface area (Å²) >= 11 is 0. The van der Waals surface area contributed by atoms with E-state index >= 15 is 0 Å². The van der Waals surface area contributed by atoms with Crippen LogP contribution in [-0.4, -0.2) is 37.5 Å². The van der Waals surface area contributed by atoms with Gasteiger partial charge in [-0.05, 0) is 30.9 Å². The first-order valence-corrected chi connectivity index (χ1v) is 8.14. The second kappa shape index (κ2) is 10.4. The van der Waals surface area contributed by atoms with Gasteiger partial charge in [-0.2, -0.15) is 0 Å². The highest BCUT2D eigenvalue weighted by atomic mass is 16.5. The average Bonchev–Trinajstić information content (AvgIpc) is 2.57. The number of hydrogen-bond acceptors (Lipinski definition) is 4. The van der Waals surface area contributed by atoms with E-state index in [4.69, 9.17) is 4.74 Å². The highest BCUT2D eigenvalue weighted by Crippen LogP contribution is 2.07. The molecule has 1 aromatic carbocycles. The smallest absolute Gasteiger partial charge is 0.328 e. The molecule has 0 aliphatic heterocycles. The van der Waals surface area contributed by atoms with Crippen molar-refractivity contribution in [1.29, 1.82) is 0 Å². The Hall–Kier alpha value is -2.37. The van der Waals surface area contributed by atoms with E-state index < -0.39 is 12.0 Å². The Kier molecular flexibility index (Phi) is 8.54. The lowest BCUT2D eigenvalue weighted by Gasteiger charge is -2.18. The highest BCUT2D eigenvalue weighted by molar-refractivity contribution is 5.94. The predicted octanol–water partition coefficient (Wildman–Crippen LogP) is 1.90. The van der Waals surface area contributed by atoms with Gasteiger partial charge in [0, 0.05) is 18.5 Å².